The Kier molecular flexibility index (Phi) is 5.47. The van der Waals surface area contributed by atoms with E-state index >= 15 is 0 Å². The Bertz CT molecular complexity index is 451. The molecular weight excluding hydrogens is 281 g/mol. The van der Waals surface area contributed by atoms with Crippen molar-refractivity contribution >= 4 is 0 Å². The molecule has 1 aromatic carbocycles. The van der Waals surface area contributed by atoms with E-state index in [1.807, 2.05) is 29.2 Å². The van der Waals surface area contributed by atoms with E-state index < -0.39 is 12.1 Å². The summed E-state index contributed by atoms with van der Waals surface area (Å²) < 4.78 is 43.7. The van der Waals surface area contributed by atoms with Crippen molar-refractivity contribution in [2.45, 2.75) is 25.6 Å². The van der Waals surface area contributed by atoms with Crippen LogP contribution in [0.25, 0.3) is 0 Å². The van der Waals surface area contributed by atoms with Crippen LogP contribution < -0.4 is 10.5 Å². The highest BCUT2D eigenvalue weighted by Gasteiger charge is 2.41. The smallest absolute Gasteiger partial charge is 0.393 e. The maximum absolute atomic E-state index is 12.7. The van der Waals surface area contributed by atoms with E-state index in [9.17, 15) is 13.2 Å². The molecule has 1 heterocycles. The van der Waals surface area contributed by atoms with Gasteiger partial charge in [-0.1, -0.05) is 12.1 Å². The summed E-state index contributed by atoms with van der Waals surface area (Å²) in [5.41, 5.74) is 6.52. The largest absolute Gasteiger partial charge is 0.492 e. The number of likely N-dealkylation sites (tertiary alicyclic amines) is 1. The van der Waals surface area contributed by atoms with Crippen LogP contribution in [-0.4, -0.2) is 37.3 Å². The van der Waals surface area contributed by atoms with Gasteiger partial charge in [0, 0.05) is 19.6 Å². The molecule has 1 unspecified atom stereocenters. The summed E-state index contributed by atoms with van der Waals surface area (Å²) in [7, 11) is 0. The van der Waals surface area contributed by atoms with Crippen molar-refractivity contribution in [1.82, 2.24) is 4.90 Å². The van der Waals surface area contributed by atoms with E-state index in [0.29, 0.717) is 38.4 Å². The van der Waals surface area contributed by atoms with Gasteiger partial charge in [0.1, 0.15) is 12.4 Å². The average molecular weight is 302 g/mol. The highest BCUT2D eigenvalue weighted by molar-refractivity contribution is 5.28. The lowest BCUT2D eigenvalue weighted by Gasteiger charge is -2.33. The second-order valence-electron chi connectivity index (χ2n) is 5.38. The van der Waals surface area contributed by atoms with E-state index in [4.69, 9.17) is 10.5 Å². The van der Waals surface area contributed by atoms with Gasteiger partial charge in [0.05, 0.1) is 5.92 Å². The molecule has 1 aromatic rings. The molecule has 3 nitrogen and oxygen atoms in total. The molecule has 0 saturated carbocycles. The minimum absolute atomic E-state index is 0.0791. The fourth-order valence-corrected chi connectivity index (χ4v) is 2.58. The number of alkyl halides is 3. The minimum atomic E-state index is -4.09. The number of hydrogen-bond donors (Lipinski definition) is 1. The van der Waals surface area contributed by atoms with E-state index in [-0.39, 0.29) is 13.0 Å². The number of nitrogens with two attached hydrogens (primary N) is 1. The lowest BCUT2D eigenvalue weighted by atomic mass is 9.98. The summed E-state index contributed by atoms with van der Waals surface area (Å²) in [6, 6.07) is 7.45. The zero-order chi connectivity index (χ0) is 15.3. The number of halogens is 3. The zero-order valence-corrected chi connectivity index (χ0v) is 11.9. The standard InChI is InChI=1S/C15H21F3N2O/c16-15(17,18)13-4-2-6-20(11-13)7-8-21-14-5-1-3-12(9-14)10-19/h1,3,5,9,13H,2,4,6-8,10-11,19H2. The number of hydrogen-bond acceptors (Lipinski definition) is 3. The molecule has 0 bridgehead atoms. The van der Waals surface area contributed by atoms with Crippen molar-refractivity contribution in [3.05, 3.63) is 29.8 Å². The van der Waals surface area contributed by atoms with Gasteiger partial charge in [0.15, 0.2) is 0 Å². The van der Waals surface area contributed by atoms with Crippen molar-refractivity contribution in [3.63, 3.8) is 0 Å². The van der Waals surface area contributed by atoms with Crippen LogP contribution in [0.4, 0.5) is 13.2 Å². The van der Waals surface area contributed by atoms with Gasteiger partial charge in [-0.15, -0.1) is 0 Å². The number of ether oxygens (including phenoxy) is 1. The topological polar surface area (TPSA) is 38.5 Å². The van der Waals surface area contributed by atoms with Crippen LogP contribution in [0.3, 0.4) is 0 Å². The molecular formula is C15H21F3N2O. The lowest BCUT2D eigenvalue weighted by Crippen LogP contribution is -2.43. The van der Waals surface area contributed by atoms with E-state index in [1.54, 1.807) is 0 Å². The summed E-state index contributed by atoms with van der Waals surface area (Å²) in [6.45, 7) is 2.13. The Labute approximate surface area is 122 Å². The summed E-state index contributed by atoms with van der Waals surface area (Å²) >= 11 is 0. The maximum Gasteiger partial charge on any atom is 0.393 e. The van der Waals surface area contributed by atoms with Crippen molar-refractivity contribution in [3.8, 4) is 5.75 Å². The summed E-state index contributed by atoms with van der Waals surface area (Å²) in [4.78, 5) is 1.83. The predicted molar refractivity (Wildman–Crippen MR) is 75.0 cm³/mol. The molecule has 2 N–H and O–H groups in total. The van der Waals surface area contributed by atoms with Gasteiger partial charge in [0.2, 0.25) is 0 Å². The van der Waals surface area contributed by atoms with Gasteiger partial charge in [0.25, 0.3) is 0 Å². The van der Waals surface area contributed by atoms with E-state index in [0.717, 1.165) is 5.56 Å². The zero-order valence-electron chi connectivity index (χ0n) is 11.9. The minimum Gasteiger partial charge on any atom is -0.492 e. The lowest BCUT2D eigenvalue weighted by molar-refractivity contribution is -0.186. The molecule has 1 aliphatic heterocycles. The maximum atomic E-state index is 12.7. The normalized spacial score (nSPS) is 20.5. The number of piperidine rings is 1. The fourth-order valence-electron chi connectivity index (χ4n) is 2.58. The van der Waals surface area contributed by atoms with Crippen LogP contribution in [-0.2, 0) is 6.54 Å². The van der Waals surface area contributed by atoms with Gasteiger partial charge in [-0.05, 0) is 37.1 Å². The molecule has 21 heavy (non-hydrogen) atoms. The van der Waals surface area contributed by atoms with Crippen molar-refractivity contribution in [2.75, 3.05) is 26.2 Å². The predicted octanol–water partition coefficient (Wildman–Crippen LogP) is 2.80. The third kappa shape index (κ3) is 4.89. The molecule has 2 rings (SSSR count). The fraction of sp³-hybridized carbons (Fsp3) is 0.600. The summed E-state index contributed by atoms with van der Waals surface area (Å²) in [5.74, 6) is -0.492. The SMILES string of the molecule is NCc1cccc(OCCN2CCCC(C(F)(F)F)C2)c1. The highest BCUT2D eigenvalue weighted by atomic mass is 19.4. The second kappa shape index (κ2) is 7.13. The number of nitrogens with zero attached hydrogens (tertiary/aromatic N) is 1. The number of rotatable bonds is 5. The molecule has 0 aliphatic carbocycles. The molecule has 1 fully saturated rings. The third-order valence-electron chi connectivity index (χ3n) is 3.78. The first-order chi connectivity index (χ1) is 9.99. The van der Waals surface area contributed by atoms with Gasteiger partial charge in [-0.25, -0.2) is 0 Å². The first-order valence-corrected chi connectivity index (χ1v) is 7.20. The van der Waals surface area contributed by atoms with Crippen LogP contribution in [0, 0.1) is 5.92 Å². The second-order valence-corrected chi connectivity index (χ2v) is 5.38. The Morgan fingerprint density at radius 1 is 1.33 bits per heavy atom. The van der Waals surface area contributed by atoms with Crippen LogP contribution in [0.2, 0.25) is 0 Å². The van der Waals surface area contributed by atoms with Crippen molar-refractivity contribution < 1.29 is 17.9 Å². The molecule has 6 heteroatoms. The van der Waals surface area contributed by atoms with Crippen LogP contribution >= 0.6 is 0 Å². The van der Waals surface area contributed by atoms with Crippen LogP contribution in [0.15, 0.2) is 24.3 Å². The summed E-state index contributed by atoms with van der Waals surface area (Å²) in [6.07, 6.45) is -3.26. The monoisotopic (exact) mass is 302 g/mol. The Hall–Kier alpha value is -1.27. The van der Waals surface area contributed by atoms with Crippen LogP contribution in [0.1, 0.15) is 18.4 Å². The Morgan fingerprint density at radius 3 is 2.86 bits per heavy atom. The highest BCUT2D eigenvalue weighted by Crippen LogP contribution is 2.32. The van der Waals surface area contributed by atoms with E-state index in [2.05, 4.69) is 0 Å². The van der Waals surface area contributed by atoms with Gasteiger partial charge in [-0.3, -0.25) is 4.90 Å². The molecule has 0 aromatic heterocycles. The molecule has 1 saturated heterocycles. The van der Waals surface area contributed by atoms with Crippen LogP contribution in [0.5, 0.6) is 5.75 Å². The van der Waals surface area contributed by atoms with Crippen molar-refractivity contribution in [1.29, 1.82) is 0 Å². The molecule has 118 valence electrons. The molecule has 1 atom stereocenters. The molecule has 0 spiro atoms. The Morgan fingerprint density at radius 2 is 2.14 bits per heavy atom. The first-order valence-electron chi connectivity index (χ1n) is 7.20. The molecule has 0 radical (unpaired) electrons. The Balaban J connectivity index is 1.77. The molecule has 1 aliphatic rings. The summed E-state index contributed by atoms with van der Waals surface area (Å²) in [5, 5.41) is 0. The first kappa shape index (κ1) is 16.1. The molecule has 0 amide bonds. The van der Waals surface area contributed by atoms with Gasteiger partial charge >= 0.3 is 6.18 Å². The van der Waals surface area contributed by atoms with Crippen molar-refractivity contribution in [2.24, 2.45) is 11.7 Å². The van der Waals surface area contributed by atoms with E-state index in [1.165, 1.54) is 0 Å². The quantitative estimate of drug-likeness (QED) is 0.909. The number of benzene rings is 1. The van der Waals surface area contributed by atoms with Gasteiger partial charge < -0.3 is 10.5 Å². The third-order valence-corrected chi connectivity index (χ3v) is 3.78. The van der Waals surface area contributed by atoms with Gasteiger partial charge in [-0.2, -0.15) is 13.2 Å². The average Bonchev–Trinajstić information content (AvgIpc) is 2.47.